The van der Waals surface area contributed by atoms with E-state index in [-0.39, 0.29) is 0 Å². The van der Waals surface area contributed by atoms with Crippen LogP contribution < -0.4 is 16.8 Å². The summed E-state index contributed by atoms with van der Waals surface area (Å²) in [5.74, 6) is -0.501. The van der Waals surface area contributed by atoms with Crippen molar-refractivity contribution < 1.29 is 4.79 Å². The number of primary amides is 1. The molecule has 1 atom stereocenters. The fraction of sp³-hybridized carbons (Fsp3) is 0.333. The molecule has 1 aromatic rings. The zero-order chi connectivity index (χ0) is 10.4. The Balaban J connectivity index is 2.26. The standard InChI is InChI=1S/C9H14N4O/c10-8(9(11)14)6-12-5-7-3-1-2-4-13-7/h1-4,8,12H,5-6,10H2,(H2,11,14). The van der Waals surface area contributed by atoms with Crippen LogP contribution in [0.1, 0.15) is 5.69 Å². The number of carbonyl (C=O) groups excluding carboxylic acids is 1. The summed E-state index contributed by atoms with van der Waals surface area (Å²) in [7, 11) is 0. The zero-order valence-corrected chi connectivity index (χ0v) is 7.81. The Bertz CT molecular complexity index is 288. The van der Waals surface area contributed by atoms with Gasteiger partial charge in [0.1, 0.15) is 0 Å². The summed E-state index contributed by atoms with van der Waals surface area (Å²) in [4.78, 5) is 14.7. The van der Waals surface area contributed by atoms with Crippen LogP contribution in [0.25, 0.3) is 0 Å². The van der Waals surface area contributed by atoms with E-state index in [1.807, 2.05) is 18.2 Å². The third-order valence-electron chi connectivity index (χ3n) is 1.76. The van der Waals surface area contributed by atoms with Gasteiger partial charge in [-0.2, -0.15) is 0 Å². The highest BCUT2D eigenvalue weighted by Crippen LogP contribution is 1.91. The molecule has 14 heavy (non-hydrogen) atoms. The van der Waals surface area contributed by atoms with Gasteiger partial charge in [0.2, 0.25) is 5.91 Å². The molecule has 0 spiro atoms. The minimum atomic E-state index is -0.640. The van der Waals surface area contributed by atoms with Gasteiger partial charge in [0.25, 0.3) is 0 Å². The van der Waals surface area contributed by atoms with Gasteiger partial charge in [0.15, 0.2) is 0 Å². The highest BCUT2D eigenvalue weighted by Gasteiger charge is 2.07. The van der Waals surface area contributed by atoms with E-state index in [2.05, 4.69) is 10.3 Å². The first-order chi connectivity index (χ1) is 6.70. The number of amides is 1. The second kappa shape index (κ2) is 5.31. The van der Waals surface area contributed by atoms with E-state index in [4.69, 9.17) is 11.5 Å². The quantitative estimate of drug-likeness (QED) is 0.559. The second-order valence-corrected chi connectivity index (χ2v) is 2.96. The predicted octanol–water partition coefficient (Wildman–Crippen LogP) is -1.02. The van der Waals surface area contributed by atoms with Crippen molar-refractivity contribution in [3.63, 3.8) is 0 Å². The van der Waals surface area contributed by atoms with E-state index in [1.165, 1.54) is 0 Å². The first kappa shape index (κ1) is 10.6. The monoisotopic (exact) mass is 194 g/mol. The molecule has 1 heterocycles. The smallest absolute Gasteiger partial charge is 0.235 e. The predicted molar refractivity (Wildman–Crippen MR) is 53.1 cm³/mol. The first-order valence-corrected chi connectivity index (χ1v) is 4.35. The van der Waals surface area contributed by atoms with Gasteiger partial charge >= 0.3 is 0 Å². The molecule has 0 fully saturated rings. The van der Waals surface area contributed by atoms with Crippen LogP contribution in [-0.4, -0.2) is 23.5 Å². The molecular weight excluding hydrogens is 180 g/mol. The fourth-order valence-electron chi connectivity index (χ4n) is 0.959. The van der Waals surface area contributed by atoms with Crippen molar-refractivity contribution >= 4 is 5.91 Å². The maximum Gasteiger partial charge on any atom is 0.235 e. The molecule has 1 amide bonds. The molecule has 0 aliphatic carbocycles. The molecule has 0 aliphatic heterocycles. The number of aromatic nitrogens is 1. The Labute approximate surface area is 82.5 Å². The van der Waals surface area contributed by atoms with Crippen LogP contribution in [0.2, 0.25) is 0 Å². The lowest BCUT2D eigenvalue weighted by molar-refractivity contribution is -0.119. The van der Waals surface area contributed by atoms with E-state index in [9.17, 15) is 4.79 Å². The molecule has 1 rings (SSSR count). The van der Waals surface area contributed by atoms with Gasteiger partial charge in [-0.15, -0.1) is 0 Å². The topological polar surface area (TPSA) is 94.0 Å². The van der Waals surface area contributed by atoms with Crippen molar-refractivity contribution in [2.24, 2.45) is 11.5 Å². The number of nitrogens with zero attached hydrogens (tertiary/aromatic N) is 1. The number of hydrogen-bond acceptors (Lipinski definition) is 4. The van der Waals surface area contributed by atoms with Gasteiger partial charge in [-0.25, -0.2) is 0 Å². The largest absolute Gasteiger partial charge is 0.368 e. The normalized spacial score (nSPS) is 12.4. The molecule has 5 heteroatoms. The fourth-order valence-corrected chi connectivity index (χ4v) is 0.959. The third kappa shape index (κ3) is 3.51. The number of hydrogen-bond donors (Lipinski definition) is 3. The number of pyridine rings is 1. The highest BCUT2D eigenvalue weighted by molar-refractivity contribution is 5.79. The van der Waals surface area contributed by atoms with Crippen molar-refractivity contribution in [3.05, 3.63) is 30.1 Å². The average Bonchev–Trinajstić information content (AvgIpc) is 2.19. The van der Waals surface area contributed by atoms with E-state index in [1.54, 1.807) is 6.20 Å². The summed E-state index contributed by atoms with van der Waals surface area (Å²) < 4.78 is 0. The average molecular weight is 194 g/mol. The highest BCUT2D eigenvalue weighted by atomic mass is 16.1. The van der Waals surface area contributed by atoms with Crippen molar-refractivity contribution in [1.82, 2.24) is 10.3 Å². The van der Waals surface area contributed by atoms with Crippen LogP contribution in [0.5, 0.6) is 0 Å². The molecule has 1 aromatic heterocycles. The lowest BCUT2D eigenvalue weighted by Gasteiger charge is -2.08. The summed E-state index contributed by atoms with van der Waals surface area (Å²) >= 11 is 0. The minimum Gasteiger partial charge on any atom is -0.368 e. The summed E-state index contributed by atoms with van der Waals surface area (Å²) in [6, 6.07) is 5.00. The van der Waals surface area contributed by atoms with Crippen LogP contribution in [0.15, 0.2) is 24.4 Å². The van der Waals surface area contributed by atoms with Gasteiger partial charge in [-0.05, 0) is 12.1 Å². The SMILES string of the molecule is NC(=O)C(N)CNCc1ccccn1. The van der Waals surface area contributed by atoms with E-state index in [0.29, 0.717) is 13.1 Å². The van der Waals surface area contributed by atoms with Crippen LogP contribution >= 0.6 is 0 Å². The molecular formula is C9H14N4O. The van der Waals surface area contributed by atoms with E-state index >= 15 is 0 Å². The molecule has 76 valence electrons. The summed E-state index contributed by atoms with van der Waals surface area (Å²) in [6.07, 6.45) is 1.71. The van der Waals surface area contributed by atoms with E-state index in [0.717, 1.165) is 5.69 Å². The van der Waals surface area contributed by atoms with Crippen molar-refractivity contribution in [1.29, 1.82) is 0 Å². The van der Waals surface area contributed by atoms with Crippen molar-refractivity contribution in [2.75, 3.05) is 6.54 Å². The Morgan fingerprint density at radius 2 is 2.36 bits per heavy atom. The summed E-state index contributed by atoms with van der Waals surface area (Å²) in [5, 5.41) is 2.99. The maximum atomic E-state index is 10.6. The summed E-state index contributed by atoms with van der Waals surface area (Å²) in [6.45, 7) is 0.952. The Hall–Kier alpha value is -1.46. The number of nitrogens with two attached hydrogens (primary N) is 2. The number of rotatable bonds is 5. The Morgan fingerprint density at radius 1 is 1.57 bits per heavy atom. The first-order valence-electron chi connectivity index (χ1n) is 4.35. The molecule has 0 saturated carbocycles. The maximum absolute atomic E-state index is 10.6. The molecule has 0 aromatic carbocycles. The second-order valence-electron chi connectivity index (χ2n) is 2.96. The molecule has 0 bridgehead atoms. The molecule has 5 N–H and O–H groups in total. The molecule has 5 nitrogen and oxygen atoms in total. The van der Waals surface area contributed by atoms with Crippen LogP contribution in [-0.2, 0) is 11.3 Å². The minimum absolute atomic E-state index is 0.367. The van der Waals surface area contributed by atoms with Crippen LogP contribution in [0, 0.1) is 0 Å². The van der Waals surface area contributed by atoms with Gasteiger partial charge in [-0.3, -0.25) is 9.78 Å². The number of nitrogens with one attached hydrogen (secondary N) is 1. The lowest BCUT2D eigenvalue weighted by Crippen LogP contribution is -2.44. The summed E-state index contributed by atoms with van der Waals surface area (Å²) in [5.41, 5.74) is 11.3. The third-order valence-corrected chi connectivity index (χ3v) is 1.76. The van der Waals surface area contributed by atoms with Gasteiger partial charge in [0, 0.05) is 19.3 Å². The van der Waals surface area contributed by atoms with Crippen LogP contribution in [0.4, 0.5) is 0 Å². The molecule has 1 unspecified atom stereocenters. The zero-order valence-electron chi connectivity index (χ0n) is 7.81. The van der Waals surface area contributed by atoms with Crippen molar-refractivity contribution in [3.8, 4) is 0 Å². The van der Waals surface area contributed by atoms with Gasteiger partial charge < -0.3 is 16.8 Å². The number of carbonyl (C=O) groups is 1. The molecule has 0 aliphatic rings. The Kier molecular flexibility index (Phi) is 4.03. The lowest BCUT2D eigenvalue weighted by atomic mass is 10.3. The molecule has 0 radical (unpaired) electrons. The van der Waals surface area contributed by atoms with E-state index < -0.39 is 11.9 Å². The Morgan fingerprint density at radius 3 is 2.93 bits per heavy atom. The molecule has 0 saturated heterocycles. The van der Waals surface area contributed by atoms with Crippen LogP contribution in [0.3, 0.4) is 0 Å². The van der Waals surface area contributed by atoms with Gasteiger partial charge in [-0.1, -0.05) is 6.07 Å². The van der Waals surface area contributed by atoms with Gasteiger partial charge in [0.05, 0.1) is 11.7 Å². The van der Waals surface area contributed by atoms with Crippen molar-refractivity contribution in [2.45, 2.75) is 12.6 Å².